The van der Waals surface area contributed by atoms with Gasteiger partial charge < -0.3 is 10.4 Å². The highest BCUT2D eigenvalue weighted by atomic mass is 19.1. The maximum atomic E-state index is 13.3. The minimum atomic E-state index is -0.449. The minimum absolute atomic E-state index is 0.00692. The fourth-order valence-electron chi connectivity index (χ4n) is 1.68. The van der Waals surface area contributed by atoms with Crippen LogP contribution < -0.4 is 5.32 Å². The molecule has 1 aromatic carbocycles. The highest BCUT2D eigenvalue weighted by molar-refractivity contribution is 5.92. The Morgan fingerprint density at radius 1 is 1.39 bits per heavy atom. The summed E-state index contributed by atoms with van der Waals surface area (Å²) >= 11 is 0. The number of aliphatic hydroxyl groups is 1. The number of rotatable bonds is 7. The Morgan fingerprint density at radius 3 is 2.72 bits per heavy atom. The van der Waals surface area contributed by atoms with Crippen molar-refractivity contribution < 1.29 is 14.3 Å². The van der Waals surface area contributed by atoms with Crippen LogP contribution in [0, 0.1) is 5.82 Å². The molecule has 1 aromatic rings. The van der Waals surface area contributed by atoms with Crippen LogP contribution in [0.2, 0.25) is 0 Å². The Balaban J connectivity index is 2.52. The van der Waals surface area contributed by atoms with Gasteiger partial charge in [-0.3, -0.25) is 9.69 Å². The largest absolute Gasteiger partial charge is 0.395 e. The number of halogens is 1. The molecule has 4 nitrogen and oxygen atoms in total. The molecule has 0 aromatic heterocycles. The number of hydrogen-bond acceptors (Lipinski definition) is 3. The zero-order chi connectivity index (χ0) is 13.4. The highest BCUT2D eigenvalue weighted by Crippen LogP contribution is 2.12. The molecule has 0 fully saturated rings. The van der Waals surface area contributed by atoms with Gasteiger partial charge in [-0.05, 0) is 25.1 Å². The van der Waals surface area contributed by atoms with Crippen LogP contribution in [-0.4, -0.2) is 42.2 Å². The standard InChI is InChI=1S/C13H19FN2O2/c1-2-7-16(8-9-17)10-13(18)15-12-6-4-3-5-11(12)14/h3-6,17H,2,7-10H2,1H3,(H,15,18). The topological polar surface area (TPSA) is 52.6 Å². The number of carbonyl (C=O) groups is 1. The summed E-state index contributed by atoms with van der Waals surface area (Å²) in [7, 11) is 0. The minimum Gasteiger partial charge on any atom is -0.395 e. The molecular weight excluding hydrogens is 235 g/mol. The number of aliphatic hydroxyl groups excluding tert-OH is 1. The third-order valence-corrected chi connectivity index (χ3v) is 2.47. The van der Waals surface area contributed by atoms with Crippen molar-refractivity contribution in [2.45, 2.75) is 13.3 Å². The maximum Gasteiger partial charge on any atom is 0.238 e. The normalized spacial score (nSPS) is 10.7. The van der Waals surface area contributed by atoms with Crippen molar-refractivity contribution in [3.8, 4) is 0 Å². The van der Waals surface area contributed by atoms with Crippen molar-refractivity contribution in [3.05, 3.63) is 30.1 Å². The van der Waals surface area contributed by atoms with Gasteiger partial charge in [-0.1, -0.05) is 19.1 Å². The summed E-state index contributed by atoms with van der Waals surface area (Å²) in [5.41, 5.74) is 0.183. The third-order valence-electron chi connectivity index (χ3n) is 2.47. The Kier molecular flexibility index (Phi) is 6.32. The van der Waals surface area contributed by atoms with Gasteiger partial charge in [-0.2, -0.15) is 0 Å². The molecule has 0 saturated carbocycles. The SMILES string of the molecule is CCCN(CCO)CC(=O)Nc1ccccc1F. The second-order valence-corrected chi connectivity index (χ2v) is 4.03. The quantitative estimate of drug-likeness (QED) is 0.774. The van der Waals surface area contributed by atoms with E-state index in [0.29, 0.717) is 6.54 Å². The van der Waals surface area contributed by atoms with E-state index in [1.807, 2.05) is 11.8 Å². The monoisotopic (exact) mass is 254 g/mol. The van der Waals surface area contributed by atoms with Crippen LogP contribution in [0.4, 0.5) is 10.1 Å². The molecule has 0 atom stereocenters. The molecule has 18 heavy (non-hydrogen) atoms. The number of nitrogens with one attached hydrogen (secondary N) is 1. The van der Waals surface area contributed by atoms with E-state index in [2.05, 4.69) is 5.32 Å². The molecule has 0 radical (unpaired) electrons. The fourth-order valence-corrected chi connectivity index (χ4v) is 1.68. The van der Waals surface area contributed by atoms with Crippen molar-refractivity contribution in [1.29, 1.82) is 0 Å². The van der Waals surface area contributed by atoms with E-state index in [0.717, 1.165) is 13.0 Å². The molecule has 0 spiro atoms. The predicted octanol–water partition coefficient (Wildman–Crippen LogP) is 1.47. The summed E-state index contributed by atoms with van der Waals surface area (Å²) in [6.45, 7) is 3.33. The molecule has 0 unspecified atom stereocenters. The van der Waals surface area contributed by atoms with E-state index in [-0.39, 0.29) is 24.7 Å². The Morgan fingerprint density at radius 2 is 2.11 bits per heavy atom. The molecule has 0 saturated heterocycles. The number of nitrogens with zero attached hydrogens (tertiary/aromatic N) is 1. The lowest BCUT2D eigenvalue weighted by atomic mass is 10.3. The third kappa shape index (κ3) is 4.81. The van der Waals surface area contributed by atoms with Crippen LogP contribution in [0.15, 0.2) is 24.3 Å². The number of benzene rings is 1. The smallest absolute Gasteiger partial charge is 0.238 e. The van der Waals surface area contributed by atoms with Gasteiger partial charge in [0.05, 0.1) is 18.8 Å². The zero-order valence-corrected chi connectivity index (χ0v) is 10.5. The lowest BCUT2D eigenvalue weighted by molar-refractivity contribution is -0.117. The summed E-state index contributed by atoms with van der Waals surface area (Å²) in [4.78, 5) is 13.6. The van der Waals surface area contributed by atoms with Gasteiger partial charge in [0.25, 0.3) is 0 Å². The highest BCUT2D eigenvalue weighted by Gasteiger charge is 2.11. The van der Waals surface area contributed by atoms with Crippen LogP contribution in [0.25, 0.3) is 0 Å². The van der Waals surface area contributed by atoms with Crippen molar-refractivity contribution >= 4 is 11.6 Å². The van der Waals surface area contributed by atoms with E-state index in [1.165, 1.54) is 12.1 Å². The van der Waals surface area contributed by atoms with Crippen LogP contribution >= 0.6 is 0 Å². The van der Waals surface area contributed by atoms with Gasteiger partial charge in [0.2, 0.25) is 5.91 Å². The van der Waals surface area contributed by atoms with Crippen molar-refractivity contribution in [2.75, 3.05) is 31.6 Å². The summed E-state index contributed by atoms with van der Waals surface area (Å²) in [5.74, 6) is -0.725. The first-order chi connectivity index (χ1) is 8.67. The molecule has 100 valence electrons. The second kappa shape index (κ2) is 7.79. The summed E-state index contributed by atoms with van der Waals surface area (Å²) in [6.07, 6.45) is 0.896. The number of para-hydroxylation sites is 1. The molecule has 0 heterocycles. The van der Waals surface area contributed by atoms with Crippen LogP contribution in [0.1, 0.15) is 13.3 Å². The molecule has 1 rings (SSSR count). The van der Waals surface area contributed by atoms with Crippen molar-refractivity contribution in [1.82, 2.24) is 4.90 Å². The van der Waals surface area contributed by atoms with E-state index in [9.17, 15) is 9.18 Å². The predicted molar refractivity (Wildman–Crippen MR) is 68.8 cm³/mol. The zero-order valence-electron chi connectivity index (χ0n) is 10.5. The Labute approximate surface area is 106 Å². The molecule has 0 bridgehead atoms. The summed E-state index contributed by atoms with van der Waals surface area (Å²) < 4.78 is 13.3. The summed E-state index contributed by atoms with van der Waals surface area (Å²) in [5, 5.41) is 11.4. The molecule has 0 aliphatic heterocycles. The molecule has 1 amide bonds. The molecular formula is C13H19FN2O2. The average Bonchev–Trinajstić information content (AvgIpc) is 2.33. The van der Waals surface area contributed by atoms with Gasteiger partial charge in [-0.25, -0.2) is 4.39 Å². The molecule has 0 aliphatic carbocycles. The van der Waals surface area contributed by atoms with Crippen LogP contribution in [0.5, 0.6) is 0 Å². The van der Waals surface area contributed by atoms with Gasteiger partial charge in [0.1, 0.15) is 5.82 Å². The van der Waals surface area contributed by atoms with E-state index < -0.39 is 5.82 Å². The number of carbonyl (C=O) groups excluding carboxylic acids is 1. The van der Waals surface area contributed by atoms with E-state index >= 15 is 0 Å². The Hall–Kier alpha value is -1.46. The first kappa shape index (κ1) is 14.6. The van der Waals surface area contributed by atoms with Crippen LogP contribution in [-0.2, 0) is 4.79 Å². The van der Waals surface area contributed by atoms with E-state index in [4.69, 9.17) is 5.11 Å². The summed E-state index contributed by atoms with van der Waals surface area (Å²) in [6, 6.07) is 6.05. The van der Waals surface area contributed by atoms with Gasteiger partial charge in [-0.15, -0.1) is 0 Å². The fraction of sp³-hybridized carbons (Fsp3) is 0.462. The molecule has 5 heteroatoms. The molecule has 0 aliphatic rings. The number of hydrogen-bond donors (Lipinski definition) is 2. The first-order valence-corrected chi connectivity index (χ1v) is 6.05. The number of amides is 1. The van der Waals surface area contributed by atoms with E-state index in [1.54, 1.807) is 12.1 Å². The maximum absolute atomic E-state index is 13.3. The average molecular weight is 254 g/mol. The van der Waals surface area contributed by atoms with Crippen molar-refractivity contribution in [3.63, 3.8) is 0 Å². The van der Waals surface area contributed by atoms with Crippen molar-refractivity contribution in [2.24, 2.45) is 0 Å². The van der Waals surface area contributed by atoms with Gasteiger partial charge in [0.15, 0.2) is 0 Å². The van der Waals surface area contributed by atoms with Crippen LogP contribution in [0.3, 0.4) is 0 Å². The Bertz CT molecular complexity index is 379. The lowest BCUT2D eigenvalue weighted by Gasteiger charge is -2.19. The first-order valence-electron chi connectivity index (χ1n) is 6.05. The molecule has 2 N–H and O–H groups in total. The lowest BCUT2D eigenvalue weighted by Crippen LogP contribution is -2.35. The number of anilines is 1. The van der Waals surface area contributed by atoms with Gasteiger partial charge in [0, 0.05) is 6.54 Å². The second-order valence-electron chi connectivity index (χ2n) is 4.03. The van der Waals surface area contributed by atoms with Gasteiger partial charge >= 0.3 is 0 Å².